The highest BCUT2D eigenvalue weighted by Gasteiger charge is 2.41. The van der Waals surface area contributed by atoms with Crippen molar-refractivity contribution >= 4 is 11.8 Å². The van der Waals surface area contributed by atoms with Crippen LogP contribution in [0.5, 0.6) is 0 Å². The molecule has 0 saturated heterocycles. The minimum absolute atomic E-state index is 0.0320. The summed E-state index contributed by atoms with van der Waals surface area (Å²) < 4.78 is 0. The van der Waals surface area contributed by atoms with Gasteiger partial charge in [-0.15, -0.1) is 0 Å². The minimum Gasteiger partial charge on any atom is -0.381 e. The molecule has 1 aliphatic carbocycles. The average molecular weight is 533 g/mol. The normalized spacial score (nSPS) is 18.1. The van der Waals surface area contributed by atoms with Gasteiger partial charge >= 0.3 is 0 Å². The predicted molar refractivity (Wildman–Crippen MR) is 154 cm³/mol. The van der Waals surface area contributed by atoms with Gasteiger partial charge in [0.1, 0.15) is 6.54 Å². The molecule has 1 fully saturated rings. The Kier molecular flexibility index (Phi) is 17.5. The van der Waals surface area contributed by atoms with Gasteiger partial charge in [-0.3, -0.25) is 14.5 Å². The molecule has 0 aromatic heterocycles. The largest absolute Gasteiger partial charge is 0.381 e. The van der Waals surface area contributed by atoms with Crippen LogP contribution in [-0.2, 0) is 4.79 Å². The first kappa shape index (κ1) is 35.5. The summed E-state index contributed by atoms with van der Waals surface area (Å²) in [6.07, 6.45) is 1.72. The second-order valence-corrected chi connectivity index (χ2v) is 9.33. The monoisotopic (exact) mass is 532 g/mol. The summed E-state index contributed by atoms with van der Waals surface area (Å²) in [5.41, 5.74) is 7.84. The van der Waals surface area contributed by atoms with Crippen LogP contribution in [0.25, 0.3) is 0 Å². The Bertz CT molecular complexity index is 857. The lowest BCUT2D eigenvalue weighted by Crippen LogP contribution is -2.52. The van der Waals surface area contributed by atoms with Gasteiger partial charge in [0.2, 0.25) is 5.91 Å². The zero-order valence-corrected chi connectivity index (χ0v) is 25.1. The average Bonchev–Trinajstić information content (AvgIpc) is 3.68. The smallest absolute Gasteiger partial charge is 0.251 e. The van der Waals surface area contributed by atoms with Crippen LogP contribution < -0.4 is 11.1 Å². The number of carbonyl (C=O) groups excluding carboxylic acids is 2. The number of nitrogens with two attached hydrogens (primary N) is 1. The number of nitrogens with zero attached hydrogens (tertiary/aromatic N) is 4. The van der Waals surface area contributed by atoms with Gasteiger partial charge in [-0.2, -0.15) is 5.26 Å². The predicted octanol–water partition coefficient (Wildman–Crippen LogP) is 3.21. The van der Waals surface area contributed by atoms with Gasteiger partial charge in [-0.05, 0) is 50.4 Å². The van der Waals surface area contributed by atoms with Crippen LogP contribution in [0.2, 0.25) is 0 Å². The molecule has 5 atom stereocenters. The minimum atomic E-state index is -0.707. The zero-order valence-electron chi connectivity index (χ0n) is 25.1. The molecule has 9 heteroatoms. The number of hydrogen-bond donors (Lipinski definition) is 3. The Morgan fingerprint density at radius 3 is 2.16 bits per heavy atom. The molecule has 4 unspecified atom stereocenters. The Morgan fingerprint density at radius 2 is 1.74 bits per heavy atom. The maximum Gasteiger partial charge on any atom is 0.251 e. The summed E-state index contributed by atoms with van der Waals surface area (Å²) in [7, 11) is 3.52. The summed E-state index contributed by atoms with van der Waals surface area (Å²) in [5, 5.41) is 21.9. The molecule has 0 radical (unpaired) electrons. The quantitative estimate of drug-likeness (QED) is 0.263. The molecule has 9 nitrogen and oxygen atoms in total. The molecule has 38 heavy (non-hydrogen) atoms. The third-order valence-electron chi connectivity index (χ3n) is 6.82. The second-order valence-electron chi connectivity index (χ2n) is 9.33. The van der Waals surface area contributed by atoms with E-state index >= 15 is 0 Å². The van der Waals surface area contributed by atoms with Gasteiger partial charge in [0, 0.05) is 43.8 Å². The van der Waals surface area contributed by atoms with Crippen molar-refractivity contribution in [2.24, 2.45) is 11.7 Å². The third-order valence-corrected chi connectivity index (χ3v) is 6.82. The summed E-state index contributed by atoms with van der Waals surface area (Å²) in [6, 6.07) is 8.84. The molecular weight excluding hydrogens is 480 g/mol. The van der Waals surface area contributed by atoms with Crippen LogP contribution in [0.4, 0.5) is 0 Å². The van der Waals surface area contributed by atoms with Crippen LogP contribution in [0, 0.1) is 17.2 Å². The van der Waals surface area contributed by atoms with E-state index in [0.29, 0.717) is 24.6 Å². The molecule has 1 aromatic carbocycles. The van der Waals surface area contributed by atoms with Gasteiger partial charge in [-0.1, -0.05) is 53.7 Å². The van der Waals surface area contributed by atoms with Crippen LogP contribution in [-0.4, -0.2) is 90.2 Å². The van der Waals surface area contributed by atoms with Crippen molar-refractivity contribution in [3.05, 3.63) is 35.4 Å². The maximum absolute atomic E-state index is 12.9. The molecule has 4 N–H and O–H groups in total. The Balaban J connectivity index is 0.00000326. The van der Waals surface area contributed by atoms with Crippen molar-refractivity contribution in [1.82, 2.24) is 20.0 Å². The number of hydrogen-bond acceptors (Lipinski definition) is 7. The number of nitrogens with one attached hydrogen (secondary N) is 1. The number of nitriles is 1. The van der Waals surface area contributed by atoms with Gasteiger partial charge in [0.05, 0.1) is 18.8 Å². The molecule has 1 saturated carbocycles. The molecule has 2 rings (SSSR count). The number of rotatable bonds is 13. The zero-order chi connectivity index (χ0) is 29.4. The van der Waals surface area contributed by atoms with E-state index in [9.17, 15) is 14.7 Å². The van der Waals surface area contributed by atoms with Crippen LogP contribution >= 0.6 is 0 Å². The number of benzene rings is 1. The first-order valence-corrected chi connectivity index (χ1v) is 14.0. The summed E-state index contributed by atoms with van der Waals surface area (Å²) in [4.78, 5) is 30.3. The van der Waals surface area contributed by atoms with E-state index in [0.717, 1.165) is 18.4 Å². The van der Waals surface area contributed by atoms with E-state index in [2.05, 4.69) is 25.2 Å². The number of aliphatic hydroxyl groups is 1. The fourth-order valence-corrected chi connectivity index (χ4v) is 4.50. The highest BCUT2D eigenvalue weighted by atomic mass is 16.3. The Hall–Kier alpha value is -2.51. The van der Waals surface area contributed by atoms with E-state index in [4.69, 9.17) is 11.0 Å². The van der Waals surface area contributed by atoms with E-state index in [-0.39, 0.29) is 43.2 Å². The van der Waals surface area contributed by atoms with E-state index in [1.807, 2.05) is 63.6 Å². The van der Waals surface area contributed by atoms with Crippen molar-refractivity contribution in [2.75, 3.05) is 40.5 Å². The summed E-state index contributed by atoms with van der Waals surface area (Å²) in [6.45, 7) is 15.1. The molecule has 0 bridgehead atoms. The summed E-state index contributed by atoms with van der Waals surface area (Å²) in [5.74, 6) is 0.0951. The van der Waals surface area contributed by atoms with Crippen molar-refractivity contribution in [1.29, 1.82) is 5.26 Å². The number of amides is 2. The fourth-order valence-electron chi connectivity index (χ4n) is 4.50. The maximum atomic E-state index is 12.9. The molecule has 1 aliphatic rings. The van der Waals surface area contributed by atoms with Crippen molar-refractivity contribution in [3.8, 4) is 6.07 Å². The van der Waals surface area contributed by atoms with Crippen LogP contribution in [0.3, 0.4) is 0 Å². The van der Waals surface area contributed by atoms with E-state index < -0.39 is 6.04 Å². The van der Waals surface area contributed by atoms with Crippen molar-refractivity contribution in [2.45, 2.75) is 85.5 Å². The van der Waals surface area contributed by atoms with Gasteiger partial charge in [0.25, 0.3) is 5.91 Å². The van der Waals surface area contributed by atoms with Crippen LogP contribution in [0.15, 0.2) is 24.3 Å². The lowest BCUT2D eigenvalue weighted by Gasteiger charge is -2.37. The molecule has 0 heterocycles. The molecule has 216 valence electrons. The van der Waals surface area contributed by atoms with E-state index in [1.165, 1.54) is 0 Å². The molecule has 2 amide bonds. The Labute approximate surface area is 231 Å². The van der Waals surface area contributed by atoms with Gasteiger partial charge < -0.3 is 26.0 Å². The van der Waals surface area contributed by atoms with Crippen LogP contribution in [0.1, 0.15) is 83.3 Å². The first-order chi connectivity index (χ1) is 18.2. The highest BCUT2D eigenvalue weighted by Crippen LogP contribution is 2.35. The van der Waals surface area contributed by atoms with Crippen molar-refractivity contribution < 1.29 is 14.7 Å². The lowest BCUT2D eigenvalue weighted by molar-refractivity contribution is -0.133. The third kappa shape index (κ3) is 10.3. The van der Waals surface area contributed by atoms with Gasteiger partial charge in [0.15, 0.2) is 0 Å². The molecular formula is C29H52N6O3. The lowest BCUT2D eigenvalue weighted by atomic mass is 10.0. The molecule has 0 aliphatic heterocycles. The molecule has 0 spiro atoms. The van der Waals surface area contributed by atoms with Crippen molar-refractivity contribution in [3.63, 3.8) is 0 Å². The standard InChI is InChI=1S/C25H40N6O3.2C2H6/c1-6-21(31(16-32)18(3)19-7-9-20(10-8-19)24(33)28-4)14-29(5)15-22(27)25(34)30(12-11-26)23-13-17(23)2;2*1-2/h7-10,17-18,21-23,32H,6,12-16,27H2,1-5H3,(H,28,33);2*1-2H3/t17?,18?,21-,22?,23?;;/m0../s1. The van der Waals surface area contributed by atoms with E-state index in [1.54, 1.807) is 24.1 Å². The fraction of sp³-hybridized carbons (Fsp3) is 0.690. The number of carbonyl (C=O) groups is 2. The summed E-state index contributed by atoms with van der Waals surface area (Å²) >= 11 is 0. The second kappa shape index (κ2) is 18.7. The Morgan fingerprint density at radius 1 is 1.18 bits per heavy atom. The number of aliphatic hydroxyl groups excluding tert-OH is 1. The molecule has 1 aromatic rings. The highest BCUT2D eigenvalue weighted by molar-refractivity contribution is 5.93. The SMILES string of the molecule is CC.CC.CC[C@@H](CN(C)CC(N)C(=O)N(CC#N)C1CC1C)N(CO)C(C)c1ccc(C(=O)NC)cc1. The topological polar surface area (TPSA) is 126 Å². The first-order valence-electron chi connectivity index (χ1n) is 14.0. The van der Waals surface area contributed by atoms with Gasteiger partial charge in [-0.25, -0.2) is 0 Å². The number of likely N-dealkylation sites (N-methyl/N-ethyl adjacent to an activating group) is 1.